The second-order valence-electron chi connectivity index (χ2n) is 5.30. The van der Waals surface area contributed by atoms with Crippen molar-refractivity contribution in [2.24, 2.45) is 0 Å². The first kappa shape index (κ1) is 17.7. The van der Waals surface area contributed by atoms with Crippen molar-refractivity contribution in [2.45, 2.75) is 11.1 Å². The highest BCUT2D eigenvalue weighted by atomic mass is 32.2. The van der Waals surface area contributed by atoms with Crippen LogP contribution in [0, 0.1) is 0 Å². The first-order valence-corrected chi connectivity index (χ1v) is 8.51. The summed E-state index contributed by atoms with van der Waals surface area (Å²) in [5.41, 5.74) is -2.87. The Hall–Kier alpha value is -3.08. The average molecular weight is 385 g/mol. The minimum absolute atomic E-state index is 0.0570. The minimum Gasteiger partial charge on any atom is -0.316 e. The maximum atomic E-state index is 12.7. The molecule has 1 aromatic heterocycles. The number of hydrogen-bond donors (Lipinski definition) is 3. The molecular formula is C15H10F3N3O4S. The Morgan fingerprint density at radius 3 is 2.19 bits per heavy atom. The first-order chi connectivity index (χ1) is 12.1. The molecule has 136 valence electrons. The third-order valence-corrected chi connectivity index (χ3v) is 4.83. The third kappa shape index (κ3) is 3.47. The molecule has 3 aromatic rings. The number of fused-ring (bicyclic) bond motifs is 1. The summed E-state index contributed by atoms with van der Waals surface area (Å²) < 4.78 is 65.0. The second kappa shape index (κ2) is 6.02. The van der Waals surface area contributed by atoms with E-state index in [1.54, 1.807) is 0 Å². The predicted molar refractivity (Wildman–Crippen MR) is 87.4 cm³/mol. The Labute approximate surface area is 143 Å². The SMILES string of the molecule is O=c1[nH]c2ccc(S(=O)(=O)Nc3cccc(C(F)(F)F)c3)cc2[nH]c1=O. The fourth-order valence-corrected chi connectivity index (χ4v) is 3.31. The van der Waals surface area contributed by atoms with E-state index in [-0.39, 0.29) is 21.6 Å². The summed E-state index contributed by atoms with van der Waals surface area (Å²) in [4.78, 5) is 26.8. The van der Waals surface area contributed by atoms with Crippen LogP contribution in [0.3, 0.4) is 0 Å². The molecule has 0 aliphatic carbocycles. The number of rotatable bonds is 3. The van der Waals surface area contributed by atoms with E-state index >= 15 is 0 Å². The monoisotopic (exact) mass is 385 g/mol. The number of halogens is 3. The molecule has 0 amide bonds. The van der Waals surface area contributed by atoms with E-state index in [9.17, 15) is 31.2 Å². The van der Waals surface area contributed by atoms with Crippen LogP contribution in [-0.2, 0) is 16.2 Å². The summed E-state index contributed by atoms with van der Waals surface area (Å²) in [5, 5.41) is 0. The van der Waals surface area contributed by atoms with Gasteiger partial charge in [-0.3, -0.25) is 14.3 Å². The molecule has 2 aromatic carbocycles. The van der Waals surface area contributed by atoms with Crippen molar-refractivity contribution in [2.75, 3.05) is 4.72 Å². The van der Waals surface area contributed by atoms with Crippen molar-refractivity contribution in [3.63, 3.8) is 0 Å². The molecule has 1 heterocycles. The summed E-state index contributed by atoms with van der Waals surface area (Å²) in [5.74, 6) is 0. The van der Waals surface area contributed by atoms with Crippen LogP contribution in [0.1, 0.15) is 5.56 Å². The molecule has 0 saturated carbocycles. The normalized spacial score (nSPS) is 12.3. The highest BCUT2D eigenvalue weighted by Crippen LogP contribution is 2.31. The van der Waals surface area contributed by atoms with Gasteiger partial charge in [-0.25, -0.2) is 8.42 Å². The van der Waals surface area contributed by atoms with E-state index in [0.717, 1.165) is 24.3 Å². The lowest BCUT2D eigenvalue weighted by molar-refractivity contribution is -0.137. The van der Waals surface area contributed by atoms with Crippen LogP contribution in [0.5, 0.6) is 0 Å². The van der Waals surface area contributed by atoms with Gasteiger partial charge in [0, 0.05) is 5.69 Å². The highest BCUT2D eigenvalue weighted by Gasteiger charge is 2.30. The van der Waals surface area contributed by atoms with Crippen LogP contribution in [0.25, 0.3) is 11.0 Å². The molecule has 11 heteroatoms. The van der Waals surface area contributed by atoms with Crippen molar-refractivity contribution < 1.29 is 21.6 Å². The van der Waals surface area contributed by atoms with E-state index in [2.05, 4.69) is 9.97 Å². The average Bonchev–Trinajstić information content (AvgIpc) is 2.54. The number of hydrogen-bond acceptors (Lipinski definition) is 4. The van der Waals surface area contributed by atoms with Crippen LogP contribution in [0.15, 0.2) is 56.9 Å². The first-order valence-electron chi connectivity index (χ1n) is 7.03. The summed E-state index contributed by atoms with van der Waals surface area (Å²) in [6.45, 7) is 0. The van der Waals surface area contributed by atoms with Gasteiger partial charge < -0.3 is 9.97 Å². The lowest BCUT2D eigenvalue weighted by atomic mass is 10.2. The van der Waals surface area contributed by atoms with Crippen LogP contribution in [0.2, 0.25) is 0 Å². The molecule has 0 atom stereocenters. The number of nitrogens with one attached hydrogen (secondary N) is 3. The molecule has 0 saturated heterocycles. The van der Waals surface area contributed by atoms with E-state index in [0.29, 0.717) is 6.07 Å². The van der Waals surface area contributed by atoms with E-state index < -0.39 is 32.9 Å². The van der Waals surface area contributed by atoms with Gasteiger partial charge >= 0.3 is 17.3 Å². The van der Waals surface area contributed by atoms with Gasteiger partial charge in [-0.05, 0) is 36.4 Å². The van der Waals surface area contributed by atoms with Crippen molar-refractivity contribution in [3.05, 3.63) is 68.7 Å². The van der Waals surface area contributed by atoms with E-state index in [1.165, 1.54) is 12.1 Å². The molecule has 0 radical (unpaired) electrons. The molecule has 3 rings (SSSR count). The Morgan fingerprint density at radius 2 is 1.54 bits per heavy atom. The zero-order valence-electron chi connectivity index (χ0n) is 12.7. The van der Waals surface area contributed by atoms with Gasteiger partial charge in [0.25, 0.3) is 10.0 Å². The van der Waals surface area contributed by atoms with Gasteiger partial charge in [-0.1, -0.05) is 6.07 Å². The fraction of sp³-hybridized carbons (Fsp3) is 0.0667. The lowest BCUT2D eigenvalue weighted by Crippen LogP contribution is -2.29. The van der Waals surface area contributed by atoms with Gasteiger partial charge in [0.15, 0.2) is 0 Å². The van der Waals surface area contributed by atoms with E-state index in [1.807, 2.05) is 4.72 Å². The molecule has 0 unspecified atom stereocenters. The van der Waals surface area contributed by atoms with Crippen LogP contribution in [0.4, 0.5) is 18.9 Å². The molecule has 0 bridgehead atoms. The lowest BCUT2D eigenvalue weighted by Gasteiger charge is -2.11. The largest absolute Gasteiger partial charge is 0.416 e. The van der Waals surface area contributed by atoms with E-state index in [4.69, 9.17) is 0 Å². The number of aromatic amines is 2. The van der Waals surface area contributed by atoms with Gasteiger partial charge in [0.2, 0.25) is 0 Å². The number of benzene rings is 2. The standard InChI is InChI=1S/C15H10F3N3O4S/c16-15(17,18)8-2-1-3-9(6-8)21-26(24,25)10-4-5-11-12(7-10)20-14(23)13(22)19-11/h1-7,21H,(H,19,22)(H,20,23). The molecule has 26 heavy (non-hydrogen) atoms. The maximum Gasteiger partial charge on any atom is 0.416 e. The molecule has 0 aliphatic rings. The summed E-state index contributed by atoms with van der Waals surface area (Å²) in [6, 6.07) is 7.21. The minimum atomic E-state index is -4.62. The van der Waals surface area contributed by atoms with Gasteiger partial charge in [0.1, 0.15) is 0 Å². The molecule has 0 fully saturated rings. The second-order valence-corrected chi connectivity index (χ2v) is 6.98. The highest BCUT2D eigenvalue weighted by molar-refractivity contribution is 7.92. The van der Waals surface area contributed by atoms with Crippen LogP contribution >= 0.6 is 0 Å². The number of alkyl halides is 3. The third-order valence-electron chi connectivity index (χ3n) is 3.45. The molecule has 3 N–H and O–H groups in total. The summed E-state index contributed by atoms with van der Waals surface area (Å²) in [7, 11) is -4.22. The zero-order chi connectivity index (χ0) is 19.1. The van der Waals surface area contributed by atoms with Crippen molar-refractivity contribution in [1.29, 1.82) is 0 Å². The Balaban J connectivity index is 2.01. The summed E-state index contributed by atoms with van der Waals surface area (Å²) in [6.07, 6.45) is -4.62. The number of anilines is 1. The molecule has 0 aliphatic heterocycles. The maximum absolute atomic E-state index is 12.7. The molecule has 0 spiro atoms. The van der Waals surface area contributed by atoms with Crippen molar-refractivity contribution >= 4 is 26.7 Å². The number of sulfonamides is 1. The quantitative estimate of drug-likeness (QED) is 0.599. The molecule has 7 nitrogen and oxygen atoms in total. The fourth-order valence-electron chi connectivity index (χ4n) is 2.23. The number of H-pyrrole nitrogens is 2. The van der Waals surface area contributed by atoms with Crippen LogP contribution < -0.4 is 15.8 Å². The summed E-state index contributed by atoms with van der Waals surface area (Å²) >= 11 is 0. The zero-order valence-corrected chi connectivity index (χ0v) is 13.5. The van der Waals surface area contributed by atoms with Crippen molar-refractivity contribution in [3.8, 4) is 0 Å². The van der Waals surface area contributed by atoms with Gasteiger partial charge in [-0.2, -0.15) is 13.2 Å². The van der Waals surface area contributed by atoms with Gasteiger partial charge in [-0.15, -0.1) is 0 Å². The predicted octanol–water partition coefficient (Wildman–Crippen LogP) is 2.04. The smallest absolute Gasteiger partial charge is 0.316 e. The Morgan fingerprint density at radius 1 is 0.885 bits per heavy atom. The Kier molecular flexibility index (Phi) is 4.11. The topological polar surface area (TPSA) is 112 Å². The molecular weight excluding hydrogens is 375 g/mol. The Bertz CT molecular complexity index is 1210. The number of aromatic nitrogens is 2. The van der Waals surface area contributed by atoms with Crippen LogP contribution in [-0.4, -0.2) is 18.4 Å². The van der Waals surface area contributed by atoms with Crippen molar-refractivity contribution in [1.82, 2.24) is 9.97 Å². The van der Waals surface area contributed by atoms with Gasteiger partial charge in [0.05, 0.1) is 21.5 Å².